The van der Waals surface area contributed by atoms with Gasteiger partial charge in [0.1, 0.15) is 17.7 Å². The van der Waals surface area contributed by atoms with Gasteiger partial charge in [0.05, 0.1) is 32.4 Å². The Balaban J connectivity index is 1.47. The van der Waals surface area contributed by atoms with E-state index >= 15 is 0 Å². The number of rotatable bonds is 16. The summed E-state index contributed by atoms with van der Waals surface area (Å²) in [6, 6.07) is 8.43. The van der Waals surface area contributed by atoms with Crippen molar-refractivity contribution in [2.75, 3.05) is 26.4 Å². The lowest BCUT2D eigenvalue weighted by molar-refractivity contribution is -0.133. The van der Waals surface area contributed by atoms with Crippen LogP contribution >= 0.6 is 0 Å². The van der Waals surface area contributed by atoms with E-state index in [9.17, 15) is 19.2 Å². The van der Waals surface area contributed by atoms with Gasteiger partial charge in [-0.1, -0.05) is 63.2 Å². The van der Waals surface area contributed by atoms with Crippen LogP contribution in [0.3, 0.4) is 0 Å². The number of benzene rings is 1. The lowest BCUT2D eigenvalue weighted by atomic mass is 9.93. The first-order valence-electron chi connectivity index (χ1n) is 16.3. The second-order valence-electron chi connectivity index (χ2n) is 13.6. The fraction of sp³-hybridized carbons (Fsp3) is 0.618. The van der Waals surface area contributed by atoms with Crippen LogP contribution in [0.15, 0.2) is 40.9 Å². The van der Waals surface area contributed by atoms with E-state index in [4.69, 9.17) is 14.0 Å². The predicted octanol–water partition coefficient (Wildman–Crippen LogP) is 2.66. The number of epoxide rings is 1. The molecule has 2 aliphatic rings. The van der Waals surface area contributed by atoms with Crippen LogP contribution in [-0.4, -0.2) is 89.7 Å². The van der Waals surface area contributed by atoms with Gasteiger partial charge in [-0.3, -0.25) is 24.1 Å². The summed E-state index contributed by atoms with van der Waals surface area (Å²) in [7, 11) is 0. The molecule has 3 unspecified atom stereocenters. The number of ether oxygens (including phenoxy) is 2. The molecule has 3 N–H and O–H groups in total. The van der Waals surface area contributed by atoms with Crippen molar-refractivity contribution in [2.24, 2.45) is 11.8 Å². The standard InChI is InChI=1S/C34H49N5O7/c1-21(2)14-26(30(40)34(6)20-45-34)35-32(42)28(16-24-10-8-7-9-11-24)37-31(41)27(15-22(3)4)36-33(43)29-17-25(46-38-29)18-39-12-13-44-19-23(39)5/h7-11,17,21-23,26-28H,12-16,18-20H2,1-6H3,(H,35,42)(H,36,43)(H,37,41)/t23-,26?,27?,28-,34?/m0/s1. The minimum atomic E-state index is -0.994. The average molecular weight is 640 g/mol. The fourth-order valence-electron chi connectivity index (χ4n) is 5.55. The Hall–Kier alpha value is -3.61. The smallest absolute Gasteiger partial charge is 0.274 e. The van der Waals surface area contributed by atoms with Crippen LogP contribution in [0.1, 0.15) is 76.2 Å². The second-order valence-corrected chi connectivity index (χ2v) is 13.6. The highest BCUT2D eigenvalue weighted by Crippen LogP contribution is 2.29. The minimum Gasteiger partial charge on any atom is -0.379 e. The Labute approximate surface area is 271 Å². The second kappa shape index (κ2) is 15.8. The normalized spacial score (nSPS) is 21.8. The zero-order valence-corrected chi connectivity index (χ0v) is 27.8. The molecule has 12 heteroatoms. The van der Waals surface area contributed by atoms with Crippen molar-refractivity contribution in [3.05, 3.63) is 53.4 Å². The summed E-state index contributed by atoms with van der Waals surface area (Å²) in [6.45, 7) is 14.4. The number of ketones is 1. The SMILES string of the molecule is CC(C)CC(NC(=O)c1cc(CN2CCOC[C@@H]2C)on1)C(=O)N[C@@H](Cc1ccccc1)C(=O)NC(CC(C)C)C(=O)C1(C)CO1. The van der Waals surface area contributed by atoms with Gasteiger partial charge in [0.25, 0.3) is 5.91 Å². The monoisotopic (exact) mass is 639 g/mol. The third-order valence-electron chi connectivity index (χ3n) is 8.34. The molecular formula is C34H49N5O7. The van der Waals surface area contributed by atoms with Gasteiger partial charge in [0.2, 0.25) is 11.8 Å². The number of nitrogens with zero attached hydrogens (tertiary/aromatic N) is 2. The highest BCUT2D eigenvalue weighted by molar-refractivity contribution is 5.99. The molecule has 1 aromatic heterocycles. The number of hydrogen-bond acceptors (Lipinski definition) is 9. The lowest BCUT2D eigenvalue weighted by Crippen LogP contribution is -2.57. The fourth-order valence-corrected chi connectivity index (χ4v) is 5.55. The molecule has 252 valence electrons. The van der Waals surface area contributed by atoms with E-state index < -0.39 is 41.4 Å². The van der Waals surface area contributed by atoms with E-state index in [1.165, 1.54) is 0 Å². The van der Waals surface area contributed by atoms with Crippen LogP contribution in [0.2, 0.25) is 0 Å². The van der Waals surface area contributed by atoms with Gasteiger partial charge in [-0.05, 0) is 44.1 Å². The van der Waals surface area contributed by atoms with Crippen molar-refractivity contribution in [1.82, 2.24) is 26.0 Å². The van der Waals surface area contributed by atoms with Crippen LogP contribution in [0.5, 0.6) is 0 Å². The van der Waals surface area contributed by atoms with E-state index in [2.05, 4.69) is 32.9 Å². The number of aromatic nitrogens is 1. The third kappa shape index (κ3) is 9.94. The van der Waals surface area contributed by atoms with Gasteiger partial charge in [0.15, 0.2) is 17.2 Å². The average Bonchev–Trinajstić information content (AvgIpc) is 3.58. The summed E-state index contributed by atoms with van der Waals surface area (Å²) >= 11 is 0. The maximum absolute atomic E-state index is 13.8. The van der Waals surface area contributed by atoms with Gasteiger partial charge in [0, 0.05) is 25.1 Å². The number of hydrogen-bond donors (Lipinski definition) is 3. The number of carbonyl (C=O) groups is 4. The van der Waals surface area contributed by atoms with E-state index in [0.29, 0.717) is 45.0 Å². The molecule has 2 aliphatic heterocycles. The molecule has 5 atom stereocenters. The Morgan fingerprint density at radius 3 is 2.22 bits per heavy atom. The quantitative estimate of drug-likeness (QED) is 0.235. The van der Waals surface area contributed by atoms with Crippen LogP contribution in [-0.2, 0) is 36.8 Å². The molecule has 0 spiro atoms. The molecule has 3 amide bonds. The van der Waals surface area contributed by atoms with Gasteiger partial charge < -0.3 is 29.9 Å². The number of Topliss-reactive ketones (excluding diaryl/α,β-unsaturated/α-hetero) is 1. The van der Waals surface area contributed by atoms with Crippen molar-refractivity contribution >= 4 is 23.5 Å². The molecule has 46 heavy (non-hydrogen) atoms. The molecule has 0 radical (unpaired) electrons. The van der Waals surface area contributed by atoms with Gasteiger partial charge in [-0.2, -0.15) is 0 Å². The number of amides is 3. The molecule has 1 aromatic carbocycles. The topological polar surface area (TPSA) is 155 Å². The lowest BCUT2D eigenvalue weighted by Gasteiger charge is -2.32. The van der Waals surface area contributed by atoms with Crippen molar-refractivity contribution < 1.29 is 33.2 Å². The van der Waals surface area contributed by atoms with Crippen molar-refractivity contribution in [2.45, 2.75) is 97.1 Å². The Bertz CT molecular complexity index is 1340. The summed E-state index contributed by atoms with van der Waals surface area (Å²) in [5.41, 5.74) is 0.00206. The molecule has 3 heterocycles. The highest BCUT2D eigenvalue weighted by Gasteiger charge is 2.50. The molecule has 12 nitrogen and oxygen atoms in total. The maximum Gasteiger partial charge on any atom is 0.274 e. The third-order valence-corrected chi connectivity index (χ3v) is 8.34. The Morgan fingerprint density at radius 2 is 1.59 bits per heavy atom. The predicted molar refractivity (Wildman–Crippen MR) is 171 cm³/mol. The van der Waals surface area contributed by atoms with Crippen LogP contribution < -0.4 is 16.0 Å². The number of carbonyl (C=O) groups excluding carboxylic acids is 4. The number of morpholine rings is 1. The minimum absolute atomic E-state index is 0.0560. The molecule has 4 rings (SSSR count). The zero-order chi connectivity index (χ0) is 33.4. The Morgan fingerprint density at radius 1 is 0.957 bits per heavy atom. The largest absolute Gasteiger partial charge is 0.379 e. The van der Waals surface area contributed by atoms with Crippen molar-refractivity contribution in [3.8, 4) is 0 Å². The van der Waals surface area contributed by atoms with Crippen LogP contribution in [0.4, 0.5) is 0 Å². The zero-order valence-electron chi connectivity index (χ0n) is 27.8. The van der Waals surface area contributed by atoms with Crippen LogP contribution in [0.25, 0.3) is 0 Å². The molecule has 2 saturated heterocycles. The first-order chi connectivity index (χ1) is 21.8. The maximum atomic E-state index is 13.8. The summed E-state index contributed by atoms with van der Waals surface area (Å²) < 4.78 is 16.3. The molecule has 2 fully saturated rings. The van der Waals surface area contributed by atoms with E-state index in [-0.39, 0.29) is 35.8 Å². The van der Waals surface area contributed by atoms with Gasteiger partial charge >= 0.3 is 0 Å². The highest BCUT2D eigenvalue weighted by atomic mass is 16.6. The van der Waals surface area contributed by atoms with Gasteiger partial charge in [-0.15, -0.1) is 0 Å². The van der Waals surface area contributed by atoms with E-state index in [1.54, 1.807) is 13.0 Å². The molecule has 2 aromatic rings. The summed E-state index contributed by atoms with van der Waals surface area (Å²) in [5, 5.41) is 12.5. The van der Waals surface area contributed by atoms with Gasteiger partial charge in [-0.25, -0.2) is 0 Å². The Kier molecular flexibility index (Phi) is 12.1. The summed E-state index contributed by atoms with van der Waals surface area (Å²) in [6.07, 6.45) is 0.965. The van der Waals surface area contributed by atoms with Crippen molar-refractivity contribution in [1.29, 1.82) is 0 Å². The van der Waals surface area contributed by atoms with Crippen LogP contribution in [0, 0.1) is 11.8 Å². The molecule has 0 aliphatic carbocycles. The summed E-state index contributed by atoms with van der Waals surface area (Å²) in [4.78, 5) is 56.2. The molecule has 0 saturated carbocycles. The molecule has 0 bridgehead atoms. The van der Waals surface area contributed by atoms with Crippen molar-refractivity contribution in [3.63, 3.8) is 0 Å². The number of nitrogens with one attached hydrogen (secondary N) is 3. The first-order valence-corrected chi connectivity index (χ1v) is 16.3. The summed E-state index contributed by atoms with van der Waals surface area (Å²) in [5.74, 6) is -0.977. The molecular weight excluding hydrogens is 590 g/mol. The van der Waals surface area contributed by atoms with E-state index in [1.807, 2.05) is 58.0 Å². The first kappa shape index (κ1) is 35.2. The van der Waals surface area contributed by atoms with E-state index in [0.717, 1.165) is 12.1 Å².